The van der Waals surface area contributed by atoms with Crippen molar-refractivity contribution in [3.63, 3.8) is 0 Å². The highest BCUT2D eigenvalue weighted by Gasteiger charge is 2.14. The first-order chi connectivity index (χ1) is 8.47. The van der Waals surface area contributed by atoms with E-state index < -0.39 is 10.0 Å². The Hall–Kier alpha value is -1.95. The number of halogens is 1. The number of pyridine rings is 1. The van der Waals surface area contributed by atoms with Gasteiger partial charge in [-0.2, -0.15) is 0 Å². The minimum atomic E-state index is -3.56. The van der Waals surface area contributed by atoms with Crippen molar-refractivity contribution < 1.29 is 13.1 Å². The molecule has 2 aromatic rings. The number of benzene rings is 1. The topological polar surface area (TPSA) is 59.1 Å². The summed E-state index contributed by atoms with van der Waals surface area (Å²) in [4.78, 5) is 4.21. The molecule has 0 aliphatic carbocycles. The second kappa shape index (κ2) is 5.79. The highest BCUT2D eigenvalue weighted by Crippen LogP contribution is 2.15. The van der Waals surface area contributed by atoms with Gasteiger partial charge in [0.2, 0.25) is 0 Å². The Morgan fingerprint density at radius 2 is 1.63 bits per heavy atom. The van der Waals surface area contributed by atoms with Crippen LogP contribution in [0.1, 0.15) is 11.1 Å². The summed E-state index contributed by atoms with van der Waals surface area (Å²) in [7, 11) is -3.56. The maximum Gasteiger partial charge on any atom is 0.263 e. The van der Waals surface area contributed by atoms with E-state index in [1.165, 1.54) is 0 Å². The summed E-state index contributed by atoms with van der Waals surface area (Å²) in [5, 5.41) is 0. The van der Waals surface area contributed by atoms with E-state index in [1.54, 1.807) is 36.5 Å². The number of anilines is 1. The number of aromatic nitrogens is 1. The monoisotopic (exact) mass is 281 g/mol. The largest absolute Gasteiger partial charge is 1.00 e. The average Bonchev–Trinajstić information content (AvgIpc) is 2.29. The van der Waals surface area contributed by atoms with Crippen LogP contribution in [0, 0.1) is 13.8 Å². The standard InChI is InChI=1S/C13H14N2O2S.FH/c1-10-3-5-12(6-4-10)18(16,17)15-13-9-11(2)7-8-14-13;/h3-9H,1-2H3,(H,14,15);1H/p-1. The number of nitrogens with one attached hydrogen (secondary N) is 1. The van der Waals surface area contributed by atoms with Crippen LogP contribution in [0.25, 0.3) is 0 Å². The highest BCUT2D eigenvalue weighted by molar-refractivity contribution is 7.92. The van der Waals surface area contributed by atoms with Gasteiger partial charge in [-0.25, -0.2) is 13.4 Å². The van der Waals surface area contributed by atoms with Crippen LogP contribution in [-0.2, 0) is 10.0 Å². The molecule has 4 nitrogen and oxygen atoms in total. The first-order valence-corrected chi connectivity index (χ1v) is 6.98. The zero-order chi connectivity index (χ0) is 13.2. The van der Waals surface area contributed by atoms with Crippen molar-refractivity contribution in [1.29, 1.82) is 0 Å². The average molecular weight is 281 g/mol. The molecule has 1 heterocycles. The molecule has 2 rings (SSSR count). The summed E-state index contributed by atoms with van der Waals surface area (Å²) in [6.45, 7) is 3.79. The fourth-order valence-corrected chi connectivity index (χ4v) is 2.51. The van der Waals surface area contributed by atoms with Crippen LogP contribution < -0.4 is 9.43 Å². The fourth-order valence-electron chi connectivity index (χ4n) is 1.51. The summed E-state index contributed by atoms with van der Waals surface area (Å²) >= 11 is 0. The summed E-state index contributed by atoms with van der Waals surface area (Å²) in [6.07, 6.45) is 1.57. The Kier molecular flexibility index (Phi) is 4.61. The van der Waals surface area contributed by atoms with Gasteiger partial charge < -0.3 is 4.70 Å². The lowest BCUT2D eigenvalue weighted by Crippen LogP contribution is -3.00. The number of nitrogens with zero attached hydrogens (tertiary/aromatic N) is 1. The normalized spacial score (nSPS) is 10.6. The lowest BCUT2D eigenvalue weighted by Gasteiger charge is -2.07. The lowest BCUT2D eigenvalue weighted by molar-refractivity contribution is -0.00000631. The van der Waals surface area contributed by atoms with Crippen LogP contribution in [-0.4, -0.2) is 13.4 Å². The molecule has 0 fully saturated rings. The Morgan fingerprint density at radius 3 is 2.21 bits per heavy atom. The van der Waals surface area contributed by atoms with Crippen LogP contribution in [0.15, 0.2) is 47.5 Å². The van der Waals surface area contributed by atoms with Gasteiger partial charge in [-0.05, 0) is 43.7 Å². The summed E-state index contributed by atoms with van der Waals surface area (Å²) in [6, 6.07) is 10.2. The molecule has 0 bridgehead atoms. The molecule has 102 valence electrons. The molecule has 0 atom stereocenters. The summed E-state index contributed by atoms with van der Waals surface area (Å²) in [5.74, 6) is 0.329. The van der Waals surface area contributed by atoms with E-state index in [4.69, 9.17) is 0 Å². The molecule has 19 heavy (non-hydrogen) atoms. The quantitative estimate of drug-likeness (QED) is 0.825. The van der Waals surface area contributed by atoms with Gasteiger partial charge in [-0.1, -0.05) is 17.7 Å². The molecule has 1 N–H and O–H groups in total. The molecule has 0 saturated carbocycles. The maximum atomic E-state index is 12.1. The zero-order valence-corrected chi connectivity index (χ0v) is 11.4. The van der Waals surface area contributed by atoms with E-state index in [0.717, 1.165) is 11.1 Å². The molecular weight excluding hydrogens is 267 g/mol. The number of rotatable bonds is 3. The minimum absolute atomic E-state index is 0. The predicted molar refractivity (Wildman–Crippen MR) is 71.0 cm³/mol. The number of sulfonamides is 1. The number of aryl methyl sites for hydroxylation is 2. The van der Waals surface area contributed by atoms with Gasteiger partial charge in [0.05, 0.1) is 4.90 Å². The van der Waals surface area contributed by atoms with E-state index in [2.05, 4.69) is 9.71 Å². The van der Waals surface area contributed by atoms with Gasteiger partial charge in [0.25, 0.3) is 10.0 Å². The second-order valence-corrected chi connectivity index (χ2v) is 5.82. The van der Waals surface area contributed by atoms with Crippen LogP contribution in [0.2, 0.25) is 0 Å². The van der Waals surface area contributed by atoms with E-state index in [0.29, 0.717) is 5.82 Å². The van der Waals surface area contributed by atoms with Crippen molar-refractivity contribution >= 4 is 15.8 Å². The molecule has 0 aliphatic rings. The van der Waals surface area contributed by atoms with Gasteiger partial charge in [0.1, 0.15) is 5.82 Å². The molecule has 0 spiro atoms. The zero-order valence-electron chi connectivity index (χ0n) is 10.6. The molecule has 0 radical (unpaired) electrons. The lowest BCUT2D eigenvalue weighted by atomic mass is 10.2. The van der Waals surface area contributed by atoms with Crippen molar-refractivity contribution in [2.45, 2.75) is 18.7 Å². The third-order valence-electron chi connectivity index (χ3n) is 2.49. The highest BCUT2D eigenvalue weighted by atomic mass is 32.2. The van der Waals surface area contributed by atoms with Gasteiger partial charge in [-0.3, -0.25) is 4.72 Å². The molecular formula is C13H14FN2O2S-. The number of hydrogen-bond donors (Lipinski definition) is 1. The van der Waals surface area contributed by atoms with Crippen LogP contribution in [0.3, 0.4) is 0 Å². The van der Waals surface area contributed by atoms with Crippen molar-refractivity contribution in [2.24, 2.45) is 0 Å². The summed E-state index contributed by atoms with van der Waals surface area (Å²) in [5.41, 5.74) is 1.97. The van der Waals surface area contributed by atoms with Gasteiger partial charge in [-0.15, -0.1) is 0 Å². The van der Waals surface area contributed by atoms with Crippen molar-refractivity contribution in [3.8, 4) is 0 Å². The minimum Gasteiger partial charge on any atom is -1.00 e. The fraction of sp³-hybridized carbons (Fsp3) is 0.154. The van der Waals surface area contributed by atoms with Crippen molar-refractivity contribution in [2.75, 3.05) is 4.72 Å². The Labute approximate surface area is 111 Å². The SMILES string of the molecule is Cc1ccc(S(=O)(=O)Nc2cc(C)ccn2)cc1.[F-]. The van der Waals surface area contributed by atoms with Crippen LogP contribution in [0.5, 0.6) is 0 Å². The Morgan fingerprint density at radius 1 is 1.00 bits per heavy atom. The smallest absolute Gasteiger partial charge is 0.263 e. The first kappa shape index (κ1) is 15.1. The van der Waals surface area contributed by atoms with E-state index in [-0.39, 0.29) is 9.60 Å². The van der Waals surface area contributed by atoms with Gasteiger partial charge >= 0.3 is 0 Å². The molecule has 6 heteroatoms. The van der Waals surface area contributed by atoms with E-state index >= 15 is 0 Å². The number of hydrogen-bond acceptors (Lipinski definition) is 3. The first-order valence-electron chi connectivity index (χ1n) is 5.49. The molecule has 0 saturated heterocycles. The molecule has 0 aliphatic heterocycles. The summed E-state index contributed by atoms with van der Waals surface area (Å²) < 4.78 is 26.6. The maximum absolute atomic E-state index is 12.1. The van der Waals surface area contributed by atoms with Crippen molar-refractivity contribution in [3.05, 3.63) is 53.7 Å². The Bertz CT molecular complexity index is 655. The molecule has 1 aromatic heterocycles. The van der Waals surface area contributed by atoms with Gasteiger partial charge in [0.15, 0.2) is 0 Å². The van der Waals surface area contributed by atoms with Crippen LogP contribution >= 0.6 is 0 Å². The third kappa shape index (κ3) is 3.75. The molecule has 0 unspecified atom stereocenters. The van der Waals surface area contributed by atoms with Crippen LogP contribution in [0.4, 0.5) is 5.82 Å². The van der Waals surface area contributed by atoms with Crippen molar-refractivity contribution in [1.82, 2.24) is 4.98 Å². The second-order valence-electron chi connectivity index (χ2n) is 4.14. The third-order valence-corrected chi connectivity index (χ3v) is 3.86. The van der Waals surface area contributed by atoms with E-state index in [1.807, 2.05) is 19.9 Å². The van der Waals surface area contributed by atoms with Gasteiger partial charge in [0, 0.05) is 6.20 Å². The molecule has 1 aromatic carbocycles. The Balaban J connectivity index is 0.00000180. The molecule has 0 amide bonds. The predicted octanol–water partition coefficient (Wildman–Crippen LogP) is -0.497. The van der Waals surface area contributed by atoms with E-state index in [9.17, 15) is 8.42 Å².